The number of halogens is 1. The van der Waals surface area contributed by atoms with Gasteiger partial charge in [-0.05, 0) is 17.2 Å². The van der Waals surface area contributed by atoms with Gasteiger partial charge in [-0.1, -0.05) is 60.1 Å². The van der Waals surface area contributed by atoms with E-state index in [2.05, 4.69) is 17.4 Å². The van der Waals surface area contributed by atoms with E-state index in [1.54, 1.807) is 0 Å². The average molecular weight is 322 g/mol. The maximum atomic E-state index is 9.10. The van der Waals surface area contributed by atoms with Gasteiger partial charge >= 0.3 is 11.9 Å². The minimum atomic E-state index is -1.82. The zero-order chi connectivity index (χ0) is 16.4. The number of carbonyl (C=O) groups is 2. The highest BCUT2D eigenvalue weighted by Gasteiger charge is 2.04. The van der Waals surface area contributed by atoms with Crippen molar-refractivity contribution in [3.8, 4) is 0 Å². The Morgan fingerprint density at radius 1 is 0.864 bits per heavy atom. The SMILES string of the molecule is Clc1ccccc1CNCc1ccccc1.O=C(O)C(=O)O. The Morgan fingerprint density at radius 2 is 1.41 bits per heavy atom. The molecular formula is C16H16ClNO4. The van der Waals surface area contributed by atoms with Gasteiger partial charge in [-0.15, -0.1) is 0 Å². The molecule has 0 atom stereocenters. The summed E-state index contributed by atoms with van der Waals surface area (Å²) in [5.41, 5.74) is 2.43. The van der Waals surface area contributed by atoms with Crippen LogP contribution in [0.2, 0.25) is 5.02 Å². The molecule has 116 valence electrons. The Kier molecular flexibility index (Phi) is 7.67. The number of benzene rings is 2. The van der Waals surface area contributed by atoms with Crippen molar-refractivity contribution in [1.82, 2.24) is 5.32 Å². The molecule has 0 radical (unpaired) electrons. The number of rotatable bonds is 4. The van der Waals surface area contributed by atoms with Crippen LogP contribution in [0.15, 0.2) is 54.6 Å². The number of nitrogens with one attached hydrogen (secondary N) is 1. The number of carboxylic acid groups (broad SMARTS) is 2. The number of aliphatic carboxylic acids is 2. The Labute approximate surface area is 133 Å². The third-order valence-electron chi connectivity index (χ3n) is 2.63. The Bertz CT molecular complexity index is 605. The highest BCUT2D eigenvalue weighted by Crippen LogP contribution is 2.14. The van der Waals surface area contributed by atoms with E-state index >= 15 is 0 Å². The molecule has 0 heterocycles. The van der Waals surface area contributed by atoms with Crippen molar-refractivity contribution in [1.29, 1.82) is 0 Å². The quantitative estimate of drug-likeness (QED) is 0.754. The smallest absolute Gasteiger partial charge is 0.414 e. The zero-order valence-electron chi connectivity index (χ0n) is 11.7. The second-order valence-corrected chi connectivity index (χ2v) is 4.70. The van der Waals surface area contributed by atoms with E-state index in [-0.39, 0.29) is 0 Å². The molecule has 0 saturated heterocycles. The number of carboxylic acids is 2. The molecule has 0 bridgehead atoms. The maximum absolute atomic E-state index is 9.10. The van der Waals surface area contributed by atoms with E-state index in [4.69, 9.17) is 31.4 Å². The van der Waals surface area contributed by atoms with Crippen molar-refractivity contribution in [2.75, 3.05) is 0 Å². The van der Waals surface area contributed by atoms with Gasteiger partial charge in [-0.2, -0.15) is 0 Å². The van der Waals surface area contributed by atoms with Gasteiger partial charge in [0, 0.05) is 18.1 Å². The van der Waals surface area contributed by atoms with Crippen molar-refractivity contribution in [2.45, 2.75) is 13.1 Å². The molecule has 0 aliphatic heterocycles. The summed E-state index contributed by atoms with van der Waals surface area (Å²) < 4.78 is 0. The van der Waals surface area contributed by atoms with Crippen LogP contribution in [0.1, 0.15) is 11.1 Å². The molecular weight excluding hydrogens is 306 g/mol. The lowest BCUT2D eigenvalue weighted by Gasteiger charge is -2.06. The summed E-state index contributed by atoms with van der Waals surface area (Å²) in [5, 5.41) is 19.0. The molecule has 0 amide bonds. The minimum Gasteiger partial charge on any atom is -0.473 e. The summed E-state index contributed by atoms with van der Waals surface area (Å²) in [6.07, 6.45) is 0. The second-order valence-electron chi connectivity index (χ2n) is 4.29. The van der Waals surface area contributed by atoms with Crippen LogP contribution in [-0.2, 0) is 22.7 Å². The molecule has 0 aliphatic rings. The Hall–Kier alpha value is -2.37. The van der Waals surface area contributed by atoms with Gasteiger partial charge in [-0.3, -0.25) is 0 Å². The summed E-state index contributed by atoms with van der Waals surface area (Å²) in [7, 11) is 0. The molecule has 0 unspecified atom stereocenters. The fraction of sp³-hybridized carbons (Fsp3) is 0.125. The van der Waals surface area contributed by atoms with Gasteiger partial charge in [0.25, 0.3) is 0 Å². The Balaban J connectivity index is 0.000000346. The van der Waals surface area contributed by atoms with Crippen molar-refractivity contribution in [2.24, 2.45) is 0 Å². The first-order valence-corrected chi connectivity index (χ1v) is 6.82. The lowest BCUT2D eigenvalue weighted by Crippen LogP contribution is -2.12. The van der Waals surface area contributed by atoms with Crippen molar-refractivity contribution >= 4 is 23.5 Å². The molecule has 22 heavy (non-hydrogen) atoms. The summed E-state index contributed by atoms with van der Waals surface area (Å²) in [4.78, 5) is 18.2. The molecule has 3 N–H and O–H groups in total. The van der Waals surface area contributed by atoms with Crippen molar-refractivity contribution < 1.29 is 19.8 Å². The summed E-state index contributed by atoms with van der Waals surface area (Å²) in [5.74, 6) is -3.65. The average Bonchev–Trinajstić information content (AvgIpc) is 2.51. The lowest BCUT2D eigenvalue weighted by molar-refractivity contribution is -0.159. The fourth-order valence-corrected chi connectivity index (χ4v) is 1.78. The van der Waals surface area contributed by atoms with Crippen LogP contribution < -0.4 is 5.32 Å². The largest absolute Gasteiger partial charge is 0.473 e. The second kappa shape index (κ2) is 9.55. The lowest BCUT2D eigenvalue weighted by atomic mass is 10.2. The fourth-order valence-electron chi connectivity index (χ4n) is 1.58. The molecule has 6 heteroatoms. The van der Waals surface area contributed by atoms with Gasteiger partial charge in [0.05, 0.1) is 0 Å². The van der Waals surface area contributed by atoms with E-state index in [0.717, 1.165) is 23.7 Å². The van der Waals surface area contributed by atoms with E-state index in [0.29, 0.717) is 0 Å². The summed E-state index contributed by atoms with van der Waals surface area (Å²) in [6.45, 7) is 1.67. The number of hydrogen-bond acceptors (Lipinski definition) is 3. The molecule has 0 aliphatic carbocycles. The van der Waals surface area contributed by atoms with Crippen LogP contribution in [0.4, 0.5) is 0 Å². The van der Waals surface area contributed by atoms with E-state index in [1.807, 2.05) is 42.5 Å². The van der Waals surface area contributed by atoms with Crippen LogP contribution in [0.5, 0.6) is 0 Å². The molecule has 2 aromatic carbocycles. The summed E-state index contributed by atoms with van der Waals surface area (Å²) >= 11 is 6.07. The van der Waals surface area contributed by atoms with Crippen molar-refractivity contribution in [3.63, 3.8) is 0 Å². The molecule has 0 saturated carbocycles. The third-order valence-corrected chi connectivity index (χ3v) is 3.00. The molecule has 0 aromatic heterocycles. The highest BCUT2D eigenvalue weighted by atomic mass is 35.5. The van der Waals surface area contributed by atoms with Gasteiger partial charge < -0.3 is 15.5 Å². The van der Waals surface area contributed by atoms with Gasteiger partial charge in [0.2, 0.25) is 0 Å². The molecule has 2 rings (SSSR count). The maximum Gasteiger partial charge on any atom is 0.414 e. The van der Waals surface area contributed by atoms with E-state index < -0.39 is 11.9 Å². The Morgan fingerprint density at radius 3 is 1.95 bits per heavy atom. The third kappa shape index (κ3) is 6.88. The normalized spacial score (nSPS) is 9.50. The van der Waals surface area contributed by atoms with Crippen LogP contribution in [0, 0.1) is 0 Å². The van der Waals surface area contributed by atoms with Gasteiger partial charge in [0.1, 0.15) is 0 Å². The minimum absolute atomic E-state index is 0.800. The molecule has 0 fully saturated rings. The zero-order valence-corrected chi connectivity index (χ0v) is 12.5. The van der Waals surface area contributed by atoms with Crippen LogP contribution in [-0.4, -0.2) is 22.2 Å². The van der Waals surface area contributed by atoms with E-state index in [9.17, 15) is 0 Å². The van der Waals surface area contributed by atoms with Gasteiger partial charge in [-0.25, -0.2) is 9.59 Å². The first-order chi connectivity index (χ1) is 10.5. The number of hydrogen-bond donors (Lipinski definition) is 3. The molecule has 0 spiro atoms. The predicted octanol–water partition coefficient (Wildman–Crippen LogP) is 2.79. The molecule has 5 nitrogen and oxygen atoms in total. The topological polar surface area (TPSA) is 86.6 Å². The predicted molar refractivity (Wildman–Crippen MR) is 83.7 cm³/mol. The monoisotopic (exact) mass is 321 g/mol. The first kappa shape index (κ1) is 17.7. The van der Waals surface area contributed by atoms with Crippen LogP contribution >= 0.6 is 11.6 Å². The van der Waals surface area contributed by atoms with Crippen LogP contribution in [0.3, 0.4) is 0 Å². The highest BCUT2D eigenvalue weighted by molar-refractivity contribution is 6.31. The van der Waals surface area contributed by atoms with Crippen LogP contribution in [0.25, 0.3) is 0 Å². The first-order valence-electron chi connectivity index (χ1n) is 6.45. The standard InChI is InChI=1S/C14H14ClN.C2H2O4/c15-14-9-5-4-8-13(14)11-16-10-12-6-2-1-3-7-12;3-1(4)2(5)6/h1-9,16H,10-11H2;(H,3,4)(H,5,6). The molecule has 2 aromatic rings. The van der Waals surface area contributed by atoms with Crippen molar-refractivity contribution in [3.05, 3.63) is 70.7 Å². The van der Waals surface area contributed by atoms with Gasteiger partial charge in [0.15, 0.2) is 0 Å². The van der Waals surface area contributed by atoms with E-state index in [1.165, 1.54) is 5.56 Å². The summed E-state index contributed by atoms with van der Waals surface area (Å²) in [6, 6.07) is 18.3.